The number of thiazole rings is 1. The number of fused-ring (bicyclic) bond motifs is 5. The van der Waals surface area contributed by atoms with Crippen LogP contribution in [-0.4, -0.2) is 33.1 Å². The minimum absolute atomic E-state index is 0.0626. The molecule has 160 valence electrons. The Kier molecular flexibility index (Phi) is 4.04. The lowest BCUT2D eigenvalue weighted by Crippen LogP contribution is -2.47. The number of hydrogen-bond acceptors (Lipinski definition) is 5. The van der Waals surface area contributed by atoms with Crippen LogP contribution in [0.5, 0.6) is 0 Å². The summed E-state index contributed by atoms with van der Waals surface area (Å²) in [7, 11) is 0. The van der Waals surface area contributed by atoms with Crippen LogP contribution in [0, 0.1) is 5.92 Å². The number of hydrogen-bond donors (Lipinski definition) is 1. The van der Waals surface area contributed by atoms with Gasteiger partial charge in [-0.3, -0.25) is 9.59 Å². The first-order chi connectivity index (χ1) is 15.5. The first-order valence-corrected chi connectivity index (χ1v) is 11.5. The number of amides is 2. The Morgan fingerprint density at radius 2 is 1.88 bits per heavy atom. The highest BCUT2D eigenvalue weighted by molar-refractivity contribution is 7.20. The molecule has 2 aromatic carbocycles. The number of carbonyl (C=O) groups is 2. The van der Waals surface area contributed by atoms with E-state index in [2.05, 4.69) is 24.3 Å². The lowest BCUT2D eigenvalue weighted by Gasteiger charge is -2.32. The lowest BCUT2D eigenvalue weighted by atomic mass is 9.72. The number of para-hydroxylation sites is 2. The van der Waals surface area contributed by atoms with Gasteiger partial charge >= 0.3 is 0 Å². The Labute approximate surface area is 188 Å². The van der Waals surface area contributed by atoms with Gasteiger partial charge in [-0.05, 0) is 29.7 Å². The Hall–Kier alpha value is -3.52. The molecule has 2 amide bonds. The zero-order valence-corrected chi connectivity index (χ0v) is 18.5. The van der Waals surface area contributed by atoms with Crippen LogP contribution in [0.25, 0.3) is 15.3 Å². The summed E-state index contributed by atoms with van der Waals surface area (Å²) in [5, 5.41) is 8.21. The first kappa shape index (κ1) is 19.2. The maximum absolute atomic E-state index is 14.0. The molecule has 0 fully saturated rings. The normalized spacial score (nSPS) is 19.7. The van der Waals surface area contributed by atoms with E-state index in [1.54, 1.807) is 10.9 Å². The number of aromatic nitrogens is 3. The highest BCUT2D eigenvalue weighted by Crippen LogP contribution is 2.52. The standard InChI is InChI=1S/C24H21N5O2S/c1-14(2)13-28-18-9-5-3-7-15(18)24(22(28)31)11-20(30)27-21-16(24)12-25-29(21)23-26-17-8-4-6-10-19(17)32-23/h3-10,12,14H,11,13H2,1-2H3,(H,27,30)/t24-/m0/s1. The fourth-order valence-corrected chi connectivity index (χ4v) is 5.82. The average Bonchev–Trinajstić information content (AvgIpc) is 3.44. The largest absolute Gasteiger partial charge is 0.311 e. The fourth-order valence-electron chi connectivity index (χ4n) is 4.89. The fraction of sp³-hybridized carbons (Fsp3) is 0.250. The van der Waals surface area contributed by atoms with Crippen molar-refractivity contribution < 1.29 is 9.59 Å². The van der Waals surface area contributed by atoms with E-state index in [9.17, 15) is 9.59 Å². The molecule has 1 spiro atoms. The summed E-state index contributed by atoms with van der Waals surface area (Å²) in [5.74, 6) is 0.557. The van der Waals surface area contributed by atoms with Crippen LogP contribution in [0.15, 0.2) is 54.7 Å². The van der Waals surface area contributed by atoms with E-state index in [4.69, 9.17) is 4.98 Å². The molecule has 4 heterocycles. The third-order valence-electron chi connectivity index (χ3n) is 6.19. The summed E-state index contributed by atoms with van der Waals surface area (Å²) in [6, 6.07) is 15.7. The van der Waals surface area contributed by atoms with Crippen LogP contribution in [0.2, 0.25) is 0 Å². The molecule has 0 saturated heterocycles. The van der Waals surface area contributed by atoms with Crippen molar-refractivity contribution in [2.45, 2.75) is 25.7 Å². The van der Waals surface area contributed by atoms with Crippen LogP contribution >= 0.6 is 11.3 Å². The van der Waals surface area contributed by atoms with Crippen molar-refractivity contribution in [3.05, 3.63) is 65.9 Å². The number of nitrogens with one attached hydrogen (secondary N) is 1. The third kappa shape index (κ3) is 2.53. The van der Waals surface area contributed by atoms with Crippen molar-refractivity contribution in [3.8, 4) is 5.13 Å². The van der Waals surface area contributed by atoms with Gasteiger partial charge in [-0.1, -0.05) is 55.5 Å². The molecule has 4 aromatic rings. The Morgan fingerprint density at radius 3 is 2.69 bits per heavy atom. The summed E-state index contributed by atoms with van der Waals surface area (Å²) < 4.78 is 2.69. The van der Waals surface area contributed by atoms with E-state index in [1.807, 2.05) is 53.4 Å². The summed E-state index contributed by atoms with van der Waals surface area (Å²) >= 11 is 1.50. The van der Waals surface area contributed by atoms with E-state index >= 15 is 0 Å². The molecule has 0 saturated carbocycles. The Morgan fingerprint density at radius 1 is 1.09 bits per heavy atom. The average molecular weight is 444 g/mol. The number of benzene rings is 2. The molecule has 0 bridgehead atoms. The quantitative estimate of drug-likeness (QED) is 0.517. The minimum atomic E-state index is -1.07. The number of nitrogens with zero attached hydrogens (tertiary/aromatic N) is 4. The van der Waals surface area contributed by atoms with Crippen molar-refractivity contribution in [1.82, 2.24) is 14.8 Å². The zero-order chi connectivity index (χ0) is 22.0. The number of carbonyl (C=O) groups excluding carboxylic acids is 2. The molecular weight excluding hydrogens is 422 g/mol. The zero-order valence-electron chi connectivity index (χ0n) is 17.7. The van der Waals surface area contributed by atoms with Crippen molar-refractivity contribution in [3.63, 3.8) is 0 Å². The predicted octanol–water partition coefficient (Wildman–Crippen LogP) is 4.11. The van der Waals surface area contributed by atoms with Crippen molar-refractivity contribution in [2.24, 2.45) is 5.92 Å². The smallest absolute Gasteiger partial charge is 0.242 e. The highest BCUT2D eigenvalue weighted by atomic mass is 32.1. The summed E-state index contributed by atoms with van der Waals surface area (Å²) in [6.07, 6.45) is 1.78. The summed E-state index contributed by atoms with van der Waals surface area (Å²) in [5.41, 5.74) is 2.27. The van der Waals surface area contributed by atoms with Crippen LogP contribution < -0.4 is 10.2 Å². The molecular formula is C24H21N5O2S. The molecule has 2 aliphatic heterocycles. The van der Waals surface area contributed by atoms with Gasteiger partial charge in [-0.2, -0.15) is 9.78 Å². The second kappa shape index (κ2) is 6.74. The van der Waals surface area contributed by atoms with Gasteiger partial charge in [-0.15, -0.1) is 0 Å². The second-order valence-corrected chi connectivity index (χ2v) is 9.75. The van der Waals surface area contributed by atoms with Crippen LogP contribution in [-0.2, 0) is 15.0 Å². The maximum Gasteiger partial charge on any atom is 0.242 e. The van der Waals surface area contributed by atoms with Gasteiger partial charge in [0, 0.05) is 24.2 Å². The molecule has 6 rings (SSSR count). The Bertz CT molecular complexity index is 1370. The molecule has 32 heavy (non-hydrogen) atoms. The molecule has 1 N–H and O–H groups in total. The van der Waals surface area contributed by atoms with Gasteiger partial charge in [0.05, 0.1) is 16.4 Å². The first-order valence-electron chi connectivity index (χ1n) is 10.6. The molecule has 0 radical (unpaired) electrons. The topological polar surface area (TPSA) is 80.1 Å². The van der Waals surface area contributed by atoms with Gasteiger partial charge < -0.3 is 10.2 Å². The van der Waals surface area contributed by atoms with Gasteiger partial charge in [0.2, 0.25) is 16.9 Å². The van der Waals surface area contributed by atoms with Crippen molar-refractivity contribution >= 4 is 44.9 Å². The van der Waals surface area contributed by atoms with Gasteiger partial charge in [0.15, 0.2) is 0 Å². The van der Waals surface area contributed by atoms with Crippen LogP contribution in [0.1, 0.15) is 31.4 Å². The van der Waals surface area contributed by atoms with Crippen LogP contribution in [0.4, 0.5) is 11.5 Å². The van der Waals surface area contributed by atoms with E-state index in [0.717, 1.165) is 27.0 Å². The lowest BCUT2D eigenvalue weighted by molar-refractivity contribution is -0.126. The van der Waals surface area contributed by atoms with E-state index in [-0.39, 0.29) is 18.2 Å². The monoisotopic (exact) mass is 443 g/mol. The van der Waals surface area contributed by atoms with E-state index in [1.165, 1.54) is 11.3 Å². The number of anilines is 2. The van der Waals surface area contributed by atoms with Gasteiger partial charge in [-0.25, -0.2) is 4.98 Å². The molecule has 0 aliphatic carbocycles. The maximum atomic E-state index is 14.0. The molecule has 8 heteroatoms. The molecule has 2 aliphatic rings. The summed E-state index contributed by atoms with van der Waals surface area (Å²) in [6.45, 7) is 4.77. The highest BCUT2D eigenvalue weighted by Gasteiger charge is 2.57. The molecule has 1 atom stereocenters. The Balaban J connectivity index is 1.56. The molecule has 0 unspecified atom stereocenters. The molecule has 7 nitrogen and oxygen atoms in total. The van der Waals surface area contributed by atoms with Gasteiger partial charge in [0.25, 0.3) is 0 Å². The van der Waals surface area contributed by atoms with Crippen molar-refractivity contribution in [1.29, 1.82) is 0 Å². The number of rotatable bonds is 3. The third-order valence-corrected chi connectivity index (χ3v) is 7.20. The van der Waals surface area contributed by atoms with Crippen molar-refractivity contribution in [2.75, 3.05) is 16.8 Å². The SMILES string of the molecule is CC(C)CN1C(=O)[C@@]2(CC(=O)Nc3c2cnn3-c2nc3ccccc3s2)c2ccccc21. The van der Waals surface area contributed by atoms with Crippen LogP contribution in [0.3, 0.4) is 0 Å². The predicted molar refractivity (Wildman–Crippen MR) is 124 cm³/mol. The second-order valence-electron chi connectivity index (χ2n) is 8.74. The summed E-state index contributed by atoms with van der Waals surface area (Å²) in [4.78, 5) is 33.5. The van der Waals surface area contributed by atoms with E-state index < -0.39 is 5.41 Å². The minimum Gasteiger partial charge on any atom is -0.311 e. The van der Waals surface area contributed by atoms with Gasteiger partial charge in [0.1, 0.15) is 11.2 Å². The molecule has 2 aromatic heterocycles. The van der Waals surface area contributed by atoms with E-state index in [0.29, 0.717) is 23.4 Å².